The van der Waals surface area contributed by atoms with E-state index in [1.54, 1.807) is 19.6 Å². The first-order chi connectivity index (χ1) is 8.33. The van der Waals surface area contributed by atoms with Crippen molar-refractivity contribution in [2.75, 3.05) is 19.0 Å². The van der Waals surface area contributed by atoms with E-state index < -0.39 is 0 Å². The lowest BCUT2D eigenvalue weighted by atomic mass is 10.1. The van der Waals surface area contributed by atoms with Gasteiger partial charge in [-0.3, -0.25) is 0 Å². The van der Waals surface area contributed by atoms with Crippen LogP contribution in [0.4, 0.5) is 5.69 Å². The lowest BCUT2D eigenvalue weighted by molar-refractivity contribution is 0.415. The Hall–Kier alpha value is -1.94. The number of benzene rings is 1. The molecular weight excluding hydrogens is 216 g/mol. The molecule has 0 fully saturated rings. The lowest BCUT2D eigenvalue weighted by Gasteiger charge is -2.17. The fourth-order valence-corrected chi connectivity index (χ4v) is 1.67. The second-order valence-electron chi connectivity index (χ2n) is 3.72. The molecule has 1 aromatic carbocycles. The van der Waals surface area contributed by atoms with E-state index in [-0.39, 0.29) is 6.04 Å². The first-order valence-corrected chi connectivity index (χ1v) is 5.46. The quantitative estimate of drug-likeness (QED) is 0.831. The van der Waals surface area contributed by atoms with E-state index in [0.717, 1.165) is 17.0 Å². The van der Waals surface area contributed by atoms with Gasteiger partial charge in [-0.1, -0.05) is 6.07 Å². The molecular formula is C13H16N2O2. The highest BCUT2D eigenvalue weighted by molar-refractivity contribution is 5.49. The fraction of sp³-hybridized carbons (Fsp3) is 0.231. The van der Waals surface area contributed by atoms with Crippen LogP contribution in [0.15, 0.2) is 47.3 Å². The van der Waals surface area contributed by atoms with Crippen molar-refractivity contribution in [2.45, 2.75) is 6.04 Å². The fourth-order valence-electron chi connectivity index (χ4n) is 1.67. The number of rotatable bonds is 5. The summed E-state index contributed by atoms with van der Waals surface area (Å²) < 4.78 is 10.2. The third-order valence-electron chi connectivity index (χ3n) is 2.59. The van der Waals surface area contributed by atoms with Gasteiger partial charge < -0.3 is 20.2 Å². The molecule has 0 bridgehead atoms. The molecule has 0 aliphatic rings. The van der Waals surface area contributed by atoms with Crippen molar-refractivity contribution in [2.24, 2.45) is 5.73 Å². The van der Waals surface area contributed by atoms with Gasteiger partial charge in [0.1, 0.15) is 5.75 Å². The van der Waals surface area contributed by atoms with Gasteiger partial charge >= 0.3 is 0 Å². The molecule has 0 aliphatic carbocycles. The van der Waals surface area contributed by atoms with Gasteiger partial charge in [0.2, 0.25) is 0 Å². The summed E-state index contributed by atoms with van der Waals surface area (Å²) in [6, 6.07) is 9.70. The Morgan fingerprint density at radius 1 is 1.41 bits per heavy atom. The first kappa shape index (κ1) is 11.5. The summed E-state index contributed by atoms with van der Waals surface area (Å²) in [7, 11) is 1.65. The standard InChI is InChI=1S/C13H16N2O2/c1-16-12-4-2-3-11(7-12)15-13(8-14)10-5-6-17-9-10/h2-7,9,13,15H,8,14H2,1H3. The van der Waals surface area contributed by atoms with Crippen LogP contribution in [0.3, 0.4) is 0 Å². The van der Waals surface area contributed by atoms with Crippen molar-refractivity contribution >= 4 is 5.69 Å². The molecule has 0 spiro atoms. The van der Waals surface area contributed by atoms with Gasteiger partial charge in [0.05, 0.1) is 25.7 Å². The molecule has 0 saturated carbocycles. The summed E-state index contributed by atoms with van der Waals surface area (Å²) in [5, 5.41) is 3.34. The van der Waals surface area contributed by atoms with Crippen LogP contribution >= 0.6 is 0 Å². The Labute approximate surface area is 100 Å². The third kappa shape index (κ3) is 2.79. The zero-order valence-electron chi connectivity index (χ0n) is 9.72. The number of hydrogen-bond donors (Lipinski definition) is 2. The molecule has 1 heterocycles. The SMILES string of the molecule is COc1cccc(NC(CN)c2ccoc2)c1. The van der Waals surface area contributed by atoms with E-state index in [1.807, 2.05) is 30.3 Å². The topological polar surface area (TPSA) is 60.4 Å². The van der Waals surface area contributed by atoms with Crippen LogP contribution in [0.5, 0.6) is 5.75 Å². The predicted octanol–water partition coefficient (Wildman–Crippen LogP) is 2.40. The molecule has 2 aromatic rings. The largest absolute Gasteiger partial charge is 0.497 e. The summed E-state index contributed by atoms with van der Waals surface area (Å²) in [5.41, 5.74) is 7.76. The number of methoxy groups -OCH3 is 1. The Morgan fingerprint density at radius 2 is 2.29 bits per heavy atom. The number of nitrogens with one attached hydrogen (secondary N) is 1. The highest BCUT2D eigenvalue weighted by Crippen LogP contribution is 2.22. The van der Waals surface area contributed by atoms with Crippen LogP contribution in [-0.2, 0) is 0 Å². The second kappa shape index (κ2) is 5.41. The van der Waals surface area contributed by atoms with Crippen molar-refractivity contribution < 1.29 is 9.15 Å². The third-order valence-corrected chi connectivity index (χ3v) is 2.59. The Bertz CT molecular complexity index is 454. The van der Waals surface area contributed by atoms with Gasteiger partial charge in [0, 0.05) is 23.9 Å². The molecule has 17 heavy (non-hydrogen) atoms. The maximum absolute atomic E-state index is 5.75. The Balaban J connectivity index is 2.13. The summed E-state index contributed by atoms with van der Waals surface area (Å²) >= 11 is 0. The average molecular weight is 232 g/mol. The van der Waals surface area contributed by atoms with Crippen LogP contribution in [-0.4, -0.2) is 13.7 Å². The summed E-state index contributed by atoms with van der Waals surface area (Å²) in [4.78, 5) is 0. The van der Waals surface area contributed by atoms with Crippen LogP contribution in [0.1, 0.15) is 11.6 Å². The van der Waals surface area contributed by atoms with Gasteiger partial charge in [-0.2, -0.15) is 0 Å². The van der Waals surface area contributed by atoms with Crippen LogP contribution < -0.4 is 15.8 Å². The number of nitrogens with two attached hydrogens (primary N) is 1. The van der Waals surface area contributed by atoms with Crippen molar-refractivity contribution in [1.29, 1.82) is 0 Å². The summed E-state index contributed by atoms with van der Waals surface area (Å²) in [5.74, 6) is 0.818. The molecule has 2 rings (SSSR count). The molecule has 1 unspecified atom stereocenters. The van der Waals surface area contributed by atoms with E-state index >= 15 is 0 Å². The zero-order chi connectivity index (χ0) is 12.1. The van der Waals surface area contributed by atoms with E-state index in [4.69, 9.17) is 14.9 Å². The first-order valence-electron chi connectivity index (χ1n) is 5.46. The normalized spacial score (nSPS) is 12.1. The van der Waals surface area contributed by atoms with Crippen molar-refractivity contribution in [3.8, 4) is 5.75 Å². The molecule has 0 amide bonds. The molecule has 4 heteroatoms. The number of hydrogen-bond acceptors (Lipinski definition) is 4. The van der Waals surface area contributed by atoms with E-state index in [1.165, 1.54) is 0 Å². The minimum absolute atomic E-state index is 0.0425. The highest BCUT2D eigenvalue weighted by Gasteiger charge is 2.10. The monoisotopic (exact) mass is 232 g/mol. The molecule has 1 aromatic heterocycles. The van der Waals surface area contributed by atoms with Gasteiger partial charge in [-0.15, -0.1) is 0 Å². The number of furan rings is 1. The molecule has 0 saturated heterocycles. The second-order valence-corrected chi connectivity index (χ2v) is 3.72. The van der Waals surface area contributed by atoms with Crippen LogP contribution in [0.25, 0.3) is 0 Å². The zero-order valence-corrected chi connectivity index (χ0v) is 9.72. The van der Waals surface area contributed by atoms with Gasteiger partial charge in [0.15, 0.2) is 0 Å². The molecule has 4 nitrogen and oxygen atoms in total. The predicted molar refractivity (Wildman–Crippen MR) is 67.1 cm³/mol. The molecule has 0 aliphatic heterocycles. The maximum Gasteiger partial charge on any atom is 0.120 e. The van der Waals surface area contributed by atoms with Gasteiger partial charge in [0.25, 0.3) is 0 Å². The summed E-state index contributed by atoms with van der Waals surface area (Å²) in [6.45, 7) is 0.497. The summed E-state index contributed by atoms with van der Waals surface area (Å²) in [6.07, 6.45) is 3.34. The number of ether oxygens (including phenoxy) is 1. The van der Waals surface area contributed by atoms with Crippen molar-refractivity contribution in [3.05, 3.63) is 48.4 Å². The van der Waals surface area contributed by atoms with Crippen molar-refractivity contribution in [1.82, 2.24) is 0 Å². The van der Waals surface area contributed by atoms with E-state index in [9.17, 15) is 0 Å². The maximum atomic E-state index is 5.75. The van der Waals surface area contributed by atoms with E-state index in [2.05, 4.69) is 5.32 Å². The Kier molecular flexibility index (Phi) is 3.67. The minimum Gasteiger partial charge on any atom is -0.497 e. The minimum atomic E-state index is 0.0425. The number of anilines is 1. The smallest absolute Gasteiger partial charge is 0.120 e. The average Bonchev–Trinajstić information content (AvgIpc) is 2.90. The van der Waals surface area contributed by atoms with Crippen molar-refractivity contribution in [3.63, 3.8) is 0 Å². The molecule has 3 N–H and O–H groups in total. The highest BCUT2D eigenvalue weighted by atomic mass is 16.5. The lowest BCUT2D eigenvalue weighted by Crippen LogP contribution is -2.19. The Morgan fingerprint density at radius 3 is 2.94 bits per heavy atom. The molecule has 0 radical (unpaired) electrons. The van der Waals surface area contributed by atoms with E-state index in [0.29, 0.717) is 6.54 Å². The van der Waals surface area contributed by atoms with Gasteiger partial charge in [-0.25, -0.2) is 0 Å². The molecule has 1 atom stereocenters. The van der Waals surface area contributed by atoms with Gasteiger partial charge in [-0.05, 0) is 18.2 Å². The van der Waals surface area contributed by atoms with Crippen LogP contribution in [0.2, 0.25) is 0 Å². The van der Waals surface area contributed by atoms with Crippen LogP contribution in [0, 0.1) is 0 Å². The molecule has 90 valence electrons.